The third-order valence-electron chi connectivity index (χ3n) is 3.38. The zero-order valence-electron chi connectivity index (χ0n) is 12.4. The lowest BCUT2D eigenvalue weighted by Gasteiger charge is -2.17. The summed E-state index contributed by atoms with van der Waals surface area (Å²) >= 11 is 1.62. The maximum Gasteiger partial charge on any atom is 0.339 e. The zero-order chi connectivity index (χ0) is 15.4. The summed E-state index contributed by atoms with van der Waals surface area (Å²) < 4.78 is 0. The molecule has 2 N–H and O–H groups in total. The summed E-state index contributed by atoms with van der Waals surface area (Å²) in [5.41, 5.74) is 1.76. The van der Waals surface area contributed by atoms with Gasteiger partial charge in [-0.3, -0.25) is 0 Å². The maximum atomic E-state index is 11.6. The molecule has 0 radical (unpaired) electrons. The Kier molecular flexibility index (Phi) is 4.90. The lowest BCUT2D eigenvalue weighted by molar-refractivity contribution is 0.0696. The Morgan fingerprint density at radius 2 is 2.14 bits per heavy atom. The van der Waals surface area contributed by atoms with Gasteiger partial charge in [0.2, 0.25) is 0 Å². The SMILES string of the molecule is CCc1nnc(NC(C)c2cccs2)c(C(=O)O)c1CC. The van der Waals surface area contributed by atoms with Crippen molar-refractivity contribution in [3.8, 4) is 0 Å². The molecule has 112 valence electrons. The van der Waals surface area contributed by atoms with Gasteiger partial charge >= 0.3 is 5.97 Å². The van der Waals surface area contributed by atoms with Crippen LogP contribution in [0.5, 0.6) is 0 Å². The topological polar surface area (TPSA) is 75.1 Å². The summed E-state index contributed by atoms with van der Waals surface area (Å²) in [6.07, 6.45) is 1.31. The van der Waals surface area contributed by atoms with Gasteiger partial charge in [0, 0.05) is 4.88 Å². The summed E-state index contributed by atoms with van der Waals surface area (Å²) in [6, 6.07) is 3.98. The van der Waals surface area contributed by atoms with Crippen molar-refractivity contribution < 1.29 is 9.90 Å². The molecule has 0 amide bonds. The highest BCUT2D eigenvalue weighted by Gasteiger charge is 2.21. The molecule has 0 aromatic carbocycles. The summed E-state index contributed by atoms with van der Waals surface area (Å²) in [5.74, 6) is -0.616. The molecule has 0 aliphatic carbocycles. The van der Waals surface area contributed by atoms with E-state index in [9.17, 15) is 9.90 Å². The van der Waals surface area contributed by atoms with E-state index in [1.165, 1.54) is 0 Å². The molecule has 2 aromatic rings. The van der Waals surface area contributed by atoms with Crippen LogP contribution in [0.3, 0.4) is 0 Å². The number of anilines is 1. The number of aromatic carboxylic acids is 1. The molecule has 21 heavy (non-hydrogen) atoms. The van der Waals surface area contributed by atoms with E-state index >= 15 is 0 Å². The van der Waals surface area contributed by atoms with Crippen LogP contribution >= 0.6 is 11.3 Å². The number of hydrogen-bond acceptors (Lipinski definition) is 5. The minimum Gasteiger partial charge on any atom is -0.478 e. The van der Waals surface area contributed by atoms with Crippen molar-refractivity contribution in [3.63, 3.8) is 0 Å². The molecule has 1 unspecified atom stereocenters. The van der Waals surface area contributed by atoms with E-state index in [1.807, 2.05) is 38.3 Å². The van der Waals surface area contributed by atoms with Gasteiger partial charge in [-0.2, -0.15) is 5.10 Å². The fraction of sp³-hybridized carbons (Fsp3) is 0.400. The van der Waals surface area contributed by atoms with Gasteiger partial charge in [-0.15, -0.1) is 16.4 Å². The molecule has 2 rings (SSSR count). The molecular weight excluding hydrogens is 286 g/mol. The third kappa shape index (κ3) is 3.21. The standard InChI is InChI=1S/C15H19N3O2S/c1-4-10-11(5-2)17-18-14(13(10)15(19)20)16-9(3)12-7-6-8-21-12/h6-9H,4-5H2,1-3H3,(H,16,18)(H,19,20). The Labute approximate surface area is 128 Å². The number of carboxylic acids is 1. The van der Waals surface area contributed by atoms with Crippen LogP contribution in [0.1, 0.15) is 53.3 Å². The molecule has 0 bridgehead atoms. The smallest absolute Gasteiger partial charge is 0.339 e. The highest BCUT2D eigenvalue weighted by Crippen LogP contribution is 2.26. The van der Waals surface area contributed by atoms with Crippen LogP contribution in [0.25, 0.3) is 0 Å². The number of nitrogens with one attached hydrogen (secondary N) is 1. The van der Waals surface area contributed by atoms with Gasteiger partial charge in [0.1, 0.15) is 5.56 Å². The molecule has 2 aromatic heterocycles. The van der Waals surface area contributed by atoms with Crippen molar-refractivity contribution in [1.82, 2.24) is 10.2 Å². The number of aryl methyl sites for hydroxylation is 1. The predicted octanol–water partition coefficient (Wildman–Crippen LogP) is 3.53. The first-order valence-electron chi connectivity index (χ1n) is 7.00. The van der Waals surface area contributed by atoms with Gasteiger partial charge in [0.05, 0.1) is 11.7 Å². The number of aromatic nitrogens is 2. The van der Waals surface area contributed by atoms with E-state index in [-0.39, 0.29) is 11.6 Å². The number of thiophene rings is 1. The normalized spacial score (nSPS) is 12.1. The maximum absolute atomic E-state index is 11.6. The average molecular weight is 305 g/mol. The van der Waals surface area contributed by atoms with Crippen molar-refractivity contribution in [2.24, 2.45) is 0 Å². The molecule has 5 nitrogen and oxygen atoms in total. The van der Waals surface area contributed by atoms with Gasteiger partial charge in [0.15, 0.2) is 5.82 Å². The molecule has 0 fully saturated rings. The first-order valence-corrected chi connectivity index (χ1v) is 7.88. The van der Waals surface area contributed by atoms with Crippen LogP contribution in [-0.2, 0) is 12.8 Å². The predicted molar refractivity (Wildman–Crippen MR) is 84.1 cm³/mol. The number of hydrogen-bond donors (Lipinski definition) is 2. The van der Waals surface area contributed by atoms with Crippen LogP contribution in [-0.4, -0.2) is 21.3 Å². The second-order valence-corrected chi connectivity index (χ2v) is 5.72. The summed E-state index contributed by atoms with van der Waals surface area (Å²) in [4.78, 5) is 12.8. The molecule has 0 spiro atoms. The highest BCUT2D eigenvalue weighted by atomic mass is 32.1. The quantitative estimate of drug-likeness (QED) is 0.854. The van der Waals surface area contributed by atoms with Crippen LogP contribution < -0.4 is 5.32 Å². The van der Waals surface area contributed by atoms with E-state index in [0.717, 1.165) is 16.1 Å². The molecule has 0 aliphatic heterocycles. The Bertz CT molecular complexity index is 626. The molecule has 2 heterocycles. The van der Waals surface area contributed by atoms with Crippen molar-refractivity contribution >= 4 is 23.1 Å². The van der Waals surface area contributed by atoms with Crippen LogP contribution in [0.4, 0.5) is 5.82 Å². The molecule has 0 saturated heterocycles. The third-order valence-corrected chi connectivity index (χ3v) is 4.44. The minimum absolute atomic E-state index is 0.00502. The van der Waals surface area contributed by atoms with E-state index in [1.54, 1.807) is 11.3 Å². The van der Waals surface area contributed by atoms with Crippen molar-refractivity contribution in [2.45, 2.75) is 39.7 Å². The Morgan fingerprint density at radius 1 is 1.38 bits per heavy atom. The van der Waals surface area contributed by atoms with Crippen molar-refractivity contribution in [1.29, 1.82) is 0 Å². The zero-order valence-corrected chi connectivity index (χ0v) is 13.2. The lowest BCUT2D eigenvalue weighted by atomic mass is 10.0. The minimum atomic E-state index is -0.961. The second kappa shape index (κ2) is 6.67. The number of carbonyl (C=O) groups is 1. The molecule has 0 saturated carbocycles. The Balaban J connectivity index is 2.41. The van der Waals surface area contributed by atoms with E-state index in [2.05, 4.69) is 15.5 Å². The van der Waals surface area contributed by atoms with E-state index in [4.69, 9.17) is 0 Å². The van der Waals surface area contributed by atoms with Crippen LogP contribution in [0, 0.1) is 0 Å². The van der Waals surface area contributed by atoms with Crippen LogP contribution in [0.15, 0.2) is 17.5 Å². The number of carboxylic acid groups (broad SMARTS) is 1. The first-order chi connectivity index (χ1) is 10.1. The number of rotatable bonds is 6. The molecule has 6 heteroatoms. The van der Waals surface area contributed by atoms with Crippen molar-refractivity contribution in [3.05, 3.63) is 39.2 Å². The van der Waals surface area contributed by atoms with Crippen LogP contribution in [0.2, 0.25) is 0 Å². The van der Waals surface area contributed by atoms with Gasteiger partial charge in [-0.05, 0) is 36.8 Å². The van der Waals surface area contributed by atoms with Gasteiger partial charge in [-0.1, -0.05) is 19.9 Å². The van der Waals surface area contributed by atoms with Crippen molar-refractivity contribution in [2.75, 3.05) is 5.32 Å². The molecule has 0 aliphatic rings. The largest absolute Gasteiger partial charge is 0.478 e. The molecule has 1 atom stereocenters. The van der Waals surface area contributed by atoms with E-state index in [0.29, 0.717) is 18.7 Å². The summed E-state index contributed by atoms with van der Waals surface area (Å²) in [6.45, 7) is 5.88. The fourth-order valence-electron chi connectivity index (χ4n) is 2.32. The Morgan fingerprint density at radius 3 is 2.67 bits per heavy atom. The lowest BCUT2D eigenvalue weighted by Crippen LogP contribution is -2.16. The first kappa shape index (κ1) is 15.4. The Hall–Kier alpha value is -1.95. The summed E-state index contributed by atoms with van der Waals surface area (Å²) in [7, 11) is 0. The second-order valence-electron chi connectivity index (χ2n) is 4.74. The molecular formula is C15H19N3O2S. The van der Waals surface area contributed by atoms with Gasteiger partial charge in [-0.25, -0.2) is 4.79 Å². The summed E-state index contributed by atoms with van der Waals surface area (Å²) in [5, 5.41) is 23.0. The fourth-order valence-corrected chi connectivity index (χ4v) is 3.05. The van der Waals surface area contributed by atoms with E-state index < -0.39 is 5.97 Å². The monoisotopic (exact) mass is 305 g/mol. The number of nitrogens with zero attached hydrogens (tertiary/aromatic N) is 2. The van der Waals surface area contributed by atoms with Gasteiger partial charge in [0.25, 0.3) is 0 Å². The average Bonchev–Trinajstić information content (AvgIpc) is 3.00. The van der Waals surface area contributed by atoms with Gasteiger partial charge < -0.3 is 10.4 Å². The highest BCUT2D eigenvalue weighted by molar-refractivity contribution is 7.10.